The van der Waals surface area contributed by atoms with Crippen LogP contribution in [-0.4, -0.2) is 38.4 Å². The fourth-order valence-corrected chi connectivity index (χ4v) is 2.99. The van der Waals surface area contributed by atoms with Crippen LogP contribution >= 0.6 is 11.8 Å². The third-order valence-corrected chi connectivity index (χ3v) is 4.39. The summed E-state index contributed by atoms with van der Waals surface area (Å²) in [4.78, 5) is 13.5. The van der Waals surface area contributed by atoms with Crippen molar-refractivity contribution in [3.63, 3.8) is 0 Å². The number of tetrazole rings is 1. The second kappa shape index (κ2) is 7.74. The van der Waals surface area contributed by atoms with Crippen LogP contribution in [0.5, 0.6) is 0 Å². The molecule has 7 heteroatoms. The summed E-state index contributed by atoms with van der Waals surface area (Å²) in [6.07, 6.45) is 0. The maximum atomic E-state index is 12.3. The normalized spacial score (nSPS) is 10.5. The van der Waals surface area contributed by atoms with Crippen LogP contribution in [0.15, 0.2) is 59.5 Å². The molecule has 0 unspecified atom stereocenters. The third-order valence-electron chi connectivity index (χ3n) is 3.38. The van der Waals surface area contributed by atoms with Gasteiger partial charge < -0.3 is 5.32 Å². The Kier molecular flexibility index (Phi) is 5.22. The Hall–Kier alpha value is -2.67. The lowest BCUT2D eigenvalue weighted by Crippen LogP contribution is -2.25. The van der Waals surface area contributed by atoms with Gasteiger partial charge in [-0.25, -0.2) is 0 Å². The summed E-state index contributed by atoms with van der Waals surface area (Å²) in [5.74, 6) is 1.39. The van der Waals surface area contributed by atoms with Gasteiger partial charge in [0.2, 0.25) is 0 Å². The highest BCUT2D eigenvalue weighted by Gasteiger charge is 2.09. The number of aryl methyl sites for hydroxylation is 1. The Morgan fingerprint density at radius 1 is 1.17 bits per heavy atom. The van der Waals surface area contributed by atoms with E-state index in [1.54, 1.807) is 28.6 Å². The van der Waals surface area contributed by atoms with E-state index in [1.165, 1.54) is 4.90 Å². The van der Waals surface area contributed by atoms with Crippen LogP contribution in [0.4, 0.5) is 0 Å². The van der Waals surface area contributed by atoms with Crippen LogP contribution in [0.1, 0.15) is 16.2 Å². The van der Waals surface area contributed by atoms with Crippen LogP contribution in [0, 0.1) is 6.92 Å². The molecule has 0 fully saturated rings. The Balaban J connectivity index is 1.56. The highest BCUT2D eigenvalue weighted by Crippen LogP contribution is 2.16. The molecule has 2 aromatic carbocycles. The number of benzene rings is 2. The van der Waals surface area contributed by atoms with E-state index in [0.717, 1.165) is 11.4 Å². The molecular formula is C17H17N5OS. The van der Waals surface area contributed by atoms with Crippen LogP contribution < -0.4 is 5.32 Å². The van der Waals surface area contributed by atoms with Gasteiger partial charge in [-0.2, -0.15) is 4.68 Å². The predicted molar refractivity (Wildman–Crippen MR) is 93.4 cm³/mol. The van der Waals surface area contributed by atoms with Crippen molar-refractivity contribution in [1.29, 1.82) is 0 Å². The molecule has 3 rings (SSSR count). The number of nitrogens with one attached hydrogen (secondary N) is 1. The first-order valence-electron chi connectivity index (χ1n) is 7.55. The molecule has 24 heavy (non-hydrogen) atoms. The summed E-state index contributed by atoms with van der Waals surface area (Å²) < 4.78 is 1.60. The second-order valence-electron chi connectivity index (χ2n) is 5.11. The first kappa shape index (κ1) is 16.2. The van der Waals surface area contributed by atoms with E-state index in [9.17, 15) is 4.79 Å². The minimum Gasteiger partial charge on any atom is -0.351 e. The van der Waals surface area contributed by atoms with Crippen LogP contribution in [0.2, 0.25) is 0 Å². The molecule has 1 amide bonds. The Morgan fingerprint density at radius 3 is 2.75 bits per heavy atom. The van der Waals surface area contributed by atoms with E-state index in [1.807, 2.05) is 37.3 Å². The molecule has 0 bridgehead atoms. The van der Waals surface area contributed by atoms with Gasteiger partial charge in [-0.15, -0.1) is 16.9 Å². The van der Waals surface area contributed by atoms with Gasteiger partial charge in [-0.3, -0.25) is 4.79 Å². The van der Waals surface area contributed by atoms with E-state index in [-0.39, 0.29) is 5.91 Å². The molecule has 0 radical (unpaired) electrons. The van der Waals surface area contributed by atoms with Gasteiger partial charge in [0.05, 0.1) is 5.69 Å². The van der Waals surface area contributed by atoms with Gasteiger partial charge in [-0.05, 0) is 47.7 Å². The van der Waals surface area contributed by atoms with Crippen molar-refractivity contribution in [2.45, 2.75) is 11.8 Å². The lowest BCUT2D eigenvalue weighted by molar-refractivity contribution is 0.0956. The van der Waals surface area contributed by atoms with Crippen LogP contribution in [-0.2, 0) is 0 Å². The monoisotopic (exact) mass is 339 g/mol. The minimum atomic E-state index is -0.101. The molecule has 0 spiro atoms. The summed E-state index contributed by atoms with van der Waals surface area (Å²) in [6, 6.07) is 17.4. The fourth-order valence-electron chi connectivity index (χ4n) is 2.20. The highest BCUT2D eigenvalue weighted by molar-refractivity contribution is 7.99. The van der Waals surface area contributed by atoms with Gasteiger partial charge in [0.15, 0.2) is 5.82 Å². The standard InChI is InChI=1S/C17H17N5OS/c1-13-19-20-21-22(13)15-7-5-6-14(12-15)17(23)18-10-11-24-16-8-3-2-4-9-16/h2-9,12H,10-11H2,1H3,(H,18,23). The molecule has 122 valence electrons. The zero-order valence-corrected chi connectivity index (χ0v) is 14.0. The molecule has 0 saturated carbocycles. The molecule has 0 atom stereocenters. The Bertz CT molecular complexity index is 819. The quantitative estimate of drug-likeness (QED) is 0.552. The summed E-state index contributed by atoms with van der Waals surface area (Å²) in [6.45, 7) is 2.42. The van der Waals surface area contributed by atoms with Crippen LogP contribution in [0.25, 0.3) is 5.69 Å². The summed E-state index contributed by atoms with van der Waals surface area (Å²) >= 11 is 1.72. The van der Waals surface area contributed by atoms with Gasteiger partial charge in [-0.1, -0.05) is 24.3 Å². The maximum absolute atomic E-state index is 12.3. The summed E-state index contributed by atoms with van der Waals surface area (Å²) in [7, 11) is 0. The lowest BCUT2D eigenvalue weighted by atomic mass is 10.2. The second-order valence-corrected chi connectivity index (χ2v) is 6.27. The number of hydrogen-bond acceptors (Lipinski definition) is 5. The topological polar surface area (TPSA) is 72.7 Å². The smallest absolute Gasteiger partial charge is 0.251 e. The Morgan fingerprint density at radius 2 is 2.00 bits per heavy atom. The van der Waals surface area contributed by atoms with E-state index in [2.05, 4.69) is 33.0 Å². The van der Waals surface area contributed by atoms with Crippen molar-refractivity contribution in [3.8, 4) is 5.69 Å². The van der Waals surface area contributed by atoms with Gasteiger partial charge in [0.25, 0.3) is 5.91 Å². The number of nitrogens with zero attached hydrogens (tertiary/aromatic N) is 4. The summed E-state index contributed by atoms with van der Waals surface area (Å²) in [5.41, 5.74) is 1.36. The minimum absolute atomic E-state index is 0.101. The molecule has 0 saturated heterocycles. The fraction of sp³-hybridized carbons (Fsp3) is 0.176. The van der Waals surface area contributed by atoms with E-state index >= 15 is 0 Å². The molecule has 1 N–H and O–H groups in total. The van der Waals surface area contributed by atoms with Crippen LogP contribution in [0.3, 0.4) is 0 Å². The van der Waals surface area contributed by atoms with Crippen molar-refractivity contribution in [2.24, 2.45) is 0 Å². The van der Waals surface area contributed by atoms with E-state index in [0.29, 0.717) is 17.9 Å². The van der Waals surface area contributed by atoms with E-state index in [4.69, 9.17) is 0 Å². The number of hydrogen-bond donors (Lipinski definition) is 1. The molecule has 1 aromatic heterocycles. The zero-order valence-electron chi connectivity index (χ0n) is 13.2. The number of thioether (sulfide) groups is 1. The average Bonchev–Trinajstić information content (AvgIpc) is 3.05. The number of aromatic nitrogens is 4. The molecule has 0 aliphatic heterocycles. The maximum Gasteiger partial charge on any atom is 0.251 e. The Labute approximate surface area is 144 Å². The first-order valence-corrected chi connectivity index (χ1v) is 8.54. The molecule has 6 nitrogen and oxygen atoms in total. The SMILES string of the molecule is Cc1nnnn1-c1cccc(C(=O)NCCSc2ccccc2)c1. The van der Waals surface area contributed by atoms with Crippen molar-refractivity contribution in [1.82, 2.24) is 25.5 Å². The van der Waals surface area contributed by atoms with Gasteiger partial charge in [0.1, 0.15) is 0 Å². The molecule has 3 aromatic rings. The van der Waals surface area contributed by atoms with Crippen molar-refractivity contribution < 1.29 is 4.79 Å². The highest BCUT2D eigenvalue weighted by atomic mass is 32.2. The predicted octanol–water partition coefficient (Wildman–Crippen LogP) is 2.49. The summed E-state index contributed by atoms with van der Waals surface area (Å²) in [5, 5.41) is 14.3. The third kappa shape index (κ3) is 3.99. The zero-order chi connectivity index (χ0) is 16.8. The lowest BCUT2D eigenvalue weighted by Gasteiger charge is -2.07. The van der Waals surface area contributed by atoms with Crippen molar-refractivity contribution in [3.05, 3.63) is 66.0 Å². The first-order chi connectivity index (χ1) is 11.7. The largest absolute Gasteiger partial charge is 0.351 e. The van der Waals surface area contributed by atoms with Crippen molar-refractivity contribution in [2.75, 3.05) is 12.3 Å². The number of amides is 1. The average molecular weight is 339 g/mol. The number of rotatable bonds is 6. The molecule has 0 aliphatic rings. The molecular weight excluding hydrogens is 322 g/mol. The molecule has 1 heterocycles. The van der Waals surface area contributed by atoms with E-state index < -0.39 is 0 Å². The number of carbonyl (C=O) groups is 1. The molecule has 0 aliphatic carbocycles. The van der Waals surface area contributed by atoms with Gasteiger partial charge in [0, 0.05) is 22.8 Å². The van der Waals surface area contributed by atoms with Crippen molar-refractivity contribution >= 4 is 17.7 Å². The number of carbonyl (C=O) groups excluding carboxylic acids is 1. The van der Waals surface area contributed by atoms with Gasteiger partial charge >= 0.3 is 0 Å².